The molecule has 0 amide bonds. The fraction of sp³-hybridized carbons (Fsp3) is 0.444. The Morgan fingerprint density at radius 1 is 0.864 bits per heavy atom. The summed E-state index contributed by atoms with van der Waals surface area (Å²) in [5.41, 5.74) is 7.17. The van der Waals surface area contributed by atoms with Gasteiger partial charge in [0, 0.05) is 114 Å². The second-order valence-electron chi connectivity index (χ2n) is 11.9. The van der Waals surface area contributed by atoms with E-state index in [1.54, 1.807) is 14.2 Å². The summed E-state index contributed by atoms with van der Waals surface area (Å²) in [6, 6.07) is 17.1. The van der Waals surface area contributed by atoms with Gasteiger partial charge in [0.05, 0.1) is 24.6 Å². The molecule has 44 heavy (non-hydrogen) atoms. The topological polar surface area (TPSA) is 61.4 Å². The Morgan fingerprint density at radius 3 is 2.25 bits per heavy atom. The summed E-state index contributed by atoms with van der Waals surface area (Å²) in [4.78, 5) is 19.0. The minimum absolute atomic E-state index is 0.293. The molecule has 0 spiro atoms. The zero-order chi connectivity index (χ0) is 32.0. The SMILES string of the molecule is CCN(CCCC(=O)CCCOC)c1cc(OC)c(-c2c3ccc(=[N+](C)C)cc-3oc3cc(N(C)C)ccc23)cc1N(C)C. The molecule has 236 valence electrons. The van der Waals surface area contributed by atoms with Crippen molar-refractivity contribution in [3.05, 3.63) is 53.9 Å². The summed E-state index contributed by atoms with van der Waals surface area (Å²) in [5.74, 6) is 1.90. The molecule has 0 saturated heterocycles. The molecule has 0 radical (unpaired) electrons. The van der Waals surface area contributed by atoms with Gasteiger partial charge in [-0.3, -0.25) is 4.79 Å². The molecule has 1 heterocycles. The number of carbonyl (C=O) groups is 1. The predicted octanol–water partition coefficient (Wildman–Crippen LogP) is 5.98. The van der Waals surface area contributed by atoms with Crippen LogP contribution in [0, 0.1) is 0 Å². The largest absolute Gasteiger partial charge is 0.496 e. The molecule has 0 N–H and O–H groups in total. The number of hydrogen-bond donors (Lipinski definition) is 0. The lowest BCUT2D eigenvalue weighted by Crippen LogP contribution is -2.27. The molecule has 4 rings (SSSR count). The molecule has 0 saturated carbocycles. The first-order valence-electron chi connectivity index (χ1n) is 15.4. The maximum atomic E-state index is 12.4. The number of hydrogen-bond acceptors (Lipinski definition) is 7. The van der Waals surface area contributed by atoms with Crippen molar-refractivity contribution in [3.8, 4) is 28.2 Å². The predicted molar refractivity (Wildman–Crippen MR) is 184 cm³/mol. The first-order valence-corrected chi connectivity index (χ1v) is 15.4. The normalized spacial score (nSPS) is 11.2. The van der Waals surface area contributed by atoms with Gasteiger partial charge < -0.3 is 28.6 Å². The Kier molecular flexibility index (Phi) is 10.9. The van der Waals surface area contributed by atoms with Gasteiger partial charge in [0.1, 0.15) is 37.0 Å². The molecule has 8 nitrogen and oxygen atoms in total. The molecular formula is C36H49N4O4+. The highest BCUT2D eigenvalue weighted by atomic mass is 16.5. The molecule has 0 fully saturated rings. The van der Waals surface area contributed by atoms with Crippen LogP contribution < -0.4 is 29.4 Å². The van der Waals surface area contributed by atoms with Gasteiger partial charge in [-0.15, -0.1) is 0 Å². The summed E-state index contributed by atoms with van der Waals surface area (Å²) in [5, 5.41) is 2.10. The van der Waals surface area contributed by atoms with E-state index in [-0.39, 0.29) is 0 Å². The van der Waals surface area contributed by atoms with Crippen LogP contribution in [0.25, 0.3) is 33.4 Å². The molecule has 1 aliphatic heterocycles. The summed E-state index contributed by atoms with van der Waals surface area (Å²) < 4.78 is 19.9. The summed E-state index contributed by atoms with van der Waals surface area (Å²) >= 11 is 0. The first-order chi connectivity index (χ1) is 21.1. The zero-order valence-electron chi connectivity index (χ0n) is 28.0. The van der Waals surface area contributed by atoms with Gasteiger partial charge in [0.25, 0.3) is 0 Å². The highest BCUT2D eigenvalue weighted by molar-refractivity contribution is 6.05. The number of Topliss-reactive ketones (excluding diaryl/α,β-unsaturated/α-hetero) is 1. The molecule has 2 aliphatic rings. The Labute approximate surface area is 262 Å². The third kappa shape index (κ3) is 7.18. The number of ether oxygens (including phenoxy) is 2. The lowest BCUT2D eigenvalue weighted by Gasteiger charge is -2.30. The van der Waals surface area contributed by atoms with Gasteiger partial charge in [0.15, 0.2) is 0 Å². The average molecular weight is 602 g/mol. The van der Waals surface area contributed by atoms with E-state index < -0.39 is 0 Å². The quantitative estimate of drug-likeness (QED) is 0.100. The number of rotatable bonds is 14. The fourth-order valence-electron chi connectivity index (χ4n) is 5.70. The number of nitrogens with zero attached hydrogens (tertiary/aromatic N) is 4. The van der Waals surface area contributed by atoms with E-state index in [1.807, 2.05) is 28.2 Å². The number of fused-ring (bicyclic) bond motifs is 2. The number of carbonyl (C=O) groups excluding carboxylic acids is 1. The van der Waals surface area contributed by atoms with Gasteiger partial charge in [-0.1, -0.05) is 0 Å². The monoisotopic (exact) mass is 601 g/mol. The first kappa shape index (κ1) is 32.9. The van der Waals surface area contributed by atoms with Gasteiger partial charge >= 0.3 is 0 Å². The molecule has 1 aliphatic carbocycles. The van der Waals surface area contributed by atoms with Crippen LogP contribution in [0.15, 0.2) is 52.9 Å². The third-order valence-corrected chi connectivity index (χ3v) is 8.18. The summed E-state index contributed by atoms with van der Waals surface area (Å²) in [7, 11) is 15.7. The second-order valence-corrected chi connectivity index (χ2v) is 11.9. The number of anilines is 3. The van der Waals surface area contributed by atoms with Crippen LogP contribution in [0.5, 0.6) is 5.75 Å². The van der Waals surface area contributed by atoms with E-state index in [4.69, 9.17) is 13.9 Å². The van der Waals surface area contributed by atoms with Crippen LogP contribution in [0.1, 0.15) is 32.6 Å². The van der Waals surface area contributed by atoms with E-state index in [1.165, 1.54) is 0 Å². The maximum absolute atomic E-state index is 12.4. The molecule has 0 bridgehead atoms. The molecule has 8 heteroatoms. The Morgan fingerprint density at radius 2 is 1.61 bits per heavy atom. The Hall–Kier alpha value is -4.04. The lowest BCUT2D eigenvalue weighted by atomic mass is 9.92. The molecule has 2 aromatic rings. The van der Waals surface area contributed by atoms with Crippen LogP contribution in [-0.4, -0.2) is 82.0 Å². The summed E-state index contributed by atoms with van der Waals surface area (Å²) in [6.45, 7) is 4.38. The van der Waals surface area contributed by atoms with Gasteiger partial charge in [-0.2, -0.15) is 0 Å². The van der Waals surface area contributed by atoms with E-state index in [9.17, 15) is 4.79 Å². The van der Waals surface area contributed by atoms with Crippen molar-refractivity contribution in [2.24, 2.45) is 0 Å². The van der Waals surface area contributed by atoms with E-state index >= 15 is 0 Å². The van der Waals surface area contributed by atoms with E-state index in [0.29, 0.717) is 25.2 Å². The van der Waals surface area contributed by atoms with Crippen molar-refractivity contribution in [1.29, 1.82) is 0 Å². The van der Waals surface area contributed by atoms with Crippen molar-refractivity contribution in [2.45, 2.75) is 32.6 Å². The second kappa shape index (κ2) is 14.6. The minimum Gasteiger partial charge on any atom is -0.496 e. The minimum atomic E-state index is 0.293. The molecule has 0 unspecified atom stereocenters. The number of ketones is 1. The van der Waals surface area contributed by atoms with Crippen molar-refractivity contribution < 1.29 is 18.7 Å². The maximum Gasteiger partial charge on any atom is 0.203 e. The standard InChI is InChI=1S/C36H49N4O4/c1-10-40(19-11-13-27(41)14-12-20-42-8)32-24-33(43-9)30(23-31(32)39(6)7)36-28-17-15-25(37(2)3)21-34(28)44-35-22-26(38(4)5)16-18-29(35)36/h15-18,21-24H,10-14,19-20H2,1-9H3/q+1. The fourth-order valence-corrected chi connectivity index (χ4v) is 5.70. The van der Waals surface area contributed by atoms with Crippen molar-refractivity contribution >= 4 is 33.8 Å². The Balaban J connectivity index is 1.86. The van der Waals surface area contributed by atoms with Gasteiger partial charge in [-0.25, -0.2) is 4.58 Å². The number of methoxy groups -OCH3 is 2. The van der Waals surface area contributed by atoms with Crippen LogP contribution >= 0.6 is 0 Å². The zero-order valence-corrected chi connectivity index (χ0v) is 28.0. The molecular weight excluding hydrogens is 552 g/mol. The van der Waals surface area contributed by atoms with Gasteiger partial charge in [0.2, 0.25) is 5.36 Å². The van der Waals surface area contributed by atoms with Crippen molar-refractivity contribution in [2.75, 3.05) is 90.9 Å². The van der Waals surface area contributed by atoms with Crippen molar-refractivity contribution in [1.82, 2.24) is 4.58 Å². The highest BCUT2D eigenvalue weighted by Crippen LogP contribution is 2.47. The van der Waals surface area contributed by atoms with E-state index in [0.717, 1.165) is 87.5 Å². The number of benzene rings is 3. The van der Waals surface area contributed by atoms with Crippen LogP contribution in [-0.2, 0) is 9.53 Å². The lowest BCUT2D eigenvalue weighted by molar-refractivity contribution is -0.119. The van der Waals surface area contributed by atoms with Crippen LogP contribution in [0.3, 0.4) is 0 Å². The van der Waals surface area contributed by atoms with Gasteiger partial charge in [-0.05, 0) is 44.0 Å². The Bertz CT molecular complexity index is 1640. The van der Waals surface area contributed by atoms with Crippen molar-refractivity contribution in [3.63, 3.8) is 0 Å². The highest BCUT2D eigenvalue weighted by Gasteiger charge is 2.24. The molecule has 0 aromatic heterocycles. The molecule has 2 aromatic carbocycles. The van der Waals surface area contributed by atoms with E-state index in [2.05, 4.69) is 88.8 Å². The summed E-state index contributed by atoms with van der Waals surface area (Å²) in [6.07, 6.45) is 2.72. The average Bonchev–Trinajstić information content (AvgIpc) is 3.00. The molecule has 0 atom stereocenters. The third-order valence-electron chi connectivity index (χ3n) is 8.18. The van der Waals surface area contributed by atoms with Crippen LogP contribution in [0.2, 0.25) is 0 Å². The smallest absolute Gasteiger partial charge is 0.203 e. The van der Waals surface area contributed by atoms with Crippen LogP contribution in [0.4, 0.5) is 17.1 Å².